The van der Waals surface area contributed by atoms with Crippen LogP contribution in [-0.4, -0.2) is 5.91 Å². The molecule has 5 heteroatoms. The Morgan fingerprint density at radius 3 is 2.71 bits per heavy atom. The van der Waals surface area contributed by atoms with Gasteiger partial charge in [0.15, 0.2) is 0 Å². The lowest BCUT2D eigenvalue weighted by Gasteiger charge is -2.06. The van der Waals surface area contributed by atoms with Gasteiger partial charge in [-0.15, -0.1) is 11.3 Å². The monoisotopic (exact) mass is 266 g/mol. The standard InChI is InChI=1S/C12H11ClN2OS/c1-7-2-3-8(6-9(7)14)15-12(16)10-4-5-11(13)17-10/h2-6H,14H2,1H3,(H,15,16). The number of hydrogen-bond donors (Lipinski definition) is 2. The van der Waals surface area contributed by atoms with Gasteiger partial charge in [-0.05, 0) is 36.8 Å². The third-order valence-corrected chi connectivity index (χ3v) is 3.56. The van der Waals surface area contributed by atoms with E-state index in [0.717, 1.165) is 5.56 Å². The zero-order valence-electron chi connectivity index (χ0n) is 9.16. The summed E-state index contributed by atoms with van der Waals surface area (Å²) in [6.45, 7) is 1.92. The van der Waals surface area contributed by atoms with Crippen LogP contribution in [0.3, 0.4) is 0 Å². The summed E-state index contributed by atoms with van der Waals surface area (Å²) in [5.41, 5.74) is 8.10. The first-order valence-electron chi connectivity index (χ1n) is 4.99. The van der Waals surface area contributed by atoms with Gasteiger partial charge in [0, 0.05) is 11.4 Å². The second-order valence-corrected chi connectivity index (χ2v) is 5.34. The number of hydrogen-bond acceptors (Lipinski definition) is 3. The molecule has 1 amide bonds. The van der Waals surface area contributed by atoms with Gasteiger partial charge >= 0.3 is 0 Å². The minimum atomic E-state index is -0.176. The van der Waals surface area contributed by atoms with Crippen LogP contribution in [0.25, 0.3) is 0 Å². The first kappa shape index (κ1) is 12.0. The molecule has 88 valence electrons. The second-order valence-electron chi connectivity index (χ2n) is 3.63. The molecule has 1 heterocycles. The molecule has 2 aromatic rings. The van der Waals surface area contributed by atoms with Crippen LogP contribution in [0, 0.1) is 6.92 Å². The Kier molecular flexibility index (Phi) is 3.36. The SMILES string of the molecule is Cc1ccc(NC(=O)c2ccc(Cl)s2)cc1N. The van der Waals surface area contributed by atoms with Crippen molar-refractivity contribution in [3.8, 4) is 0 Å². The summed E-state index contributed by atoms with van der Waals surface area (Å²) in [5, 5.41) is 2.77. The van der Waals surface area contributed by atoms with Crippen molar-refractivity contribution in [1.29, 1.82) is 0 Å². The van der Waals surface area contributed by atoms with Crippen molar-refractivity contribution in [1.82, 2.24) is 0 Å². The quantitative estimate of drug-likeness (QED) is 0.817. The van der Waals surface area contributed by atoms with E-state index in [1.54, 1.807) is 18.2 Å². The molecule has 3 nitrogen and oxygen atoms in total. The van der Waals surface area contributed by atoms with Crippen molar-refractivity contribution in [3.63, 3.8) is 0 Å². The highest BCUT2D eigenvalue weighted by atomic mass is 35.5. The summed E-state index contributed by atoms with van der Waals surface area (Å²) in [6, 6.07) is 8.82. The molecule has 0 aliphatic heterocycles. The van der Waals surface area contributed by atoms with Gasteiger partial charge in [-0.25, -0.2) is 0 Å². The molecule has 0 atom stereocenters. The second kappa shape index (κ2) is 4.77. The van der Waals surface area contributed by atoms with Gasteiger partial charge in [-0.1, -0.05) is 17.7 Å². The fourth-order valence-electron chi connectivity index (χ4n) is 1.35. The number of halogens is 1. The number of benzene rings is 1. The largest absolute Gasteiger partial charge is 0.398 e. The molecule has 0 saturated heterocycles. The van der Waals surface area contributed by atoms with Gasteiger partial charge in [0.25, 0.3) is 5.91 Å². The van der Waals surface area contributed by atoms with Crippen LogP contribution in [0.1, 0.15) is 15.2 Å². The fourth-order valence-corrected chi connectivity index (χ4v) is 2.29. The predicted octanol–water partition coefficient (Wildman–Crippen LogP) is 3.54. The molecule has 0 radical (unpaired) electrons. The summed E-state index contributed by atoms with van der Waals surface area (Å²) in [5.74, 6) is -0.176. The van der Waals surface area contributed by atoms with Gasteiger partial charge in [-0.3, -0.25) is 4.79 Å². The van der Waals surface area contributed by atoms with E-state index in [0.29, 0.717) is 20.6 Å². The average molecular weight is 267 g/mol. The molecular formula is C12H11ClN2OS. The van der Waals surface area contributed by atoms with Gasteiger partial charge in [-0.2, -0.15) is 0 Å². The molecule has 0 spiro atoms. The summed E-state index contributed by atoms with van der Waals surface area (Å²) in [4.78, 5) is 12.4. The number of anilines is 2. The Hall–Kier alpha value is -1.52. The van der Waals surface area contributed by atoms with Gasteiger partial charge < -0.3 is 11.1 Å². The molecule has 2 rings (SSSR count). The molecule has 0 fully saturated rings. The number of thiophene rings is 1. The third kappa shape index (κ3) is 2.78. The van der Waals surface area contributed by atoms with Gasteiger partial charge in [0.1, 0.15) is 0 Å². The Balaban J connectivity index is 2.15. The minimum absolute atomic E-state index is 0.176. The molecule has 17 heavy (non-hydrogen) atoms. The van der Waals surface area contributed by atoms with Crippen molar-refractivity contribution < 1.29 is 4.79 Å². The first-order valence-corrected chi connectivity index (χ1v) is 6.18. The number of aryl methyl sites for hydroxylation is 1. The molecule has 1 aromatic heterocycles. The molecule has 0 aliphatic rings. The van der Waals surface area contributed by atoms with Crippen molar-refractivity contribution >= 4 is 40.2 Å². The Labute approximate surface area is 108 Å². The summed E-state index contributed by atoms with van der Waals surface area (Å²) in [7, 11) is 0. The summed E-state index contributed by atoms with van der Waals surface area (Å²) >= 11 is 7.02. The molecule has 1 aromatic carbocycles. The summed E-state index contributed by atoms with van der Waals surface area (Å²) < 4.78 is 0.596. The average Bonchev–Trinajstić information content (AvgIpc) is 2.70. The van der Waals surface area contributed by atoms with Crippen LogP contribution in [0.5, 0.6) is 0 Å². The summed E-state index contributed by atoms with van der Waals surface area (Å²) in [6.07, 6.45) is 0. The van der Waals surface area contributed by atoms with Crippen LogP contribution >= 0.6 is 22.9 Å². The lowest BCUT2D eigenvalue weighted by molar-refractivity contribution is 0.103. The lowest BCUT2D eigenvalue weighted by atomic mass is 10.2. The van der Waals surface area contributed by atoms with E-state index in [9.17, 15) is 4.79 Å². The maximum Gasteiger partial charge on any atom is 0.265 e. The van der Waals surface area contributed by atoms with E-state index >= 15 is 0 Å². The Morgan fingerprint density at radius 2 is 2.12 bits per heavy atom. The van der Waals surface area contributed by atoms with Crippen LogP contribution in [0.4, 0.5) is 11.4 Å². The number of carbonyl (C=O) groups excluding carboxylic acids is 1. The lowest BCUT2D eigenvalue weighted by Crippen LogP contribution is -2.10. The number of nitrogens with one attached hydrogen (secondary N) is 1. The maximum absolute atomic E-state index is 11.8. The zero-order valence-corrected chi connectivity index (χ0v) is 10.7. The number of carbonyl (C=O) groups is 1. The molecule has 0 aliphatic carbocycles. The predicted molar refractivity (Wildman–Crippen MR) is 72.9 cm³/mol. The highest BCUT2D eigenvalue weighted by molar-refractivity contribution is 7.18. The van der Waals surface area contributed by atoms with Crippen molar-refractivity contribution in [3.05, 3.63) is 45.1 Å². The van der Waals surface area contributed by atoms with Crippen molar-refractivity contribution in [2.45, 2.75) is 6.92 Å². The number of amides is 1. The van der Waals surface area contributed by atoms with Crippen LogP contribution in [0.2, 0.25) is 4.34 Å². The van der Waals surface area contributed by atoms with E-state index in [1.165, 1.54) is 11.3 Å². The zero-order chi connectivity index (χ0) is 12.4. The maximum atomic E-state index is 11.8. The van der Waals surface area contributed by atoms with E-state index in [1.807, 2.05) is 19.1 Å². The number of nitrogens with two attached hydrogens (primary N) is 1. The van der Waals surface area contributed by atoms with E-state index < -0.39 is 0 Å². The van der Waals surface area contributed by atoms with E-state index in [4.69, 9.17) is 17.3 Å². The molecule has 3 N–H and O–H groups in total. The first-order chi connectivity index (χ1) is 8.06. The molecular weight excluding hydrogens is 256 g/mol. The fraction of sp³-hybridized carbons (Fsp3) is 0.0833. The van der Waals surface area contributed by atoms with E-state index in [2.05, 4.69) is 5.32 Å². The van der Waals surface area contributed by atoms with Crippen LogP contribution in [0.15, 0.2) is 30.3 Å². The smallest absolute Gasteiger partial charge is 0.265 e. The van der Waals surface area contributed by atoms with Gasteiger partial charge in [0.2, 0.25) is 0 Å². The Morgan fingerprint density at radius 1 is 1.35 bits per heavy atom. The highest BCUT2D eigenvalue weighted by Crippen LogP contribution is 2.23. The topological polar surface area (TPSA) is 55.1 Å². The molecule has 0 bridgehead atoms. The third-order valence-electron chi connectivity index (χ3n) is 2.33. The Bertz CT molecular complexity index is 565. The van der Waals surface area contributed by atoms with Gasteiger partial charge in [0.05, 0.1) is 9.21 Å². The van der Waals surface area contributed by atoms with E-state index in [-0.39, 0.29) is 5.91 Å². The van der Waals surface area contributed by atoms with Crippen LogP contribution in [-0.2, 0) is 0 Å². The minimum Gasteiger partial charge on any atom is -0.398 e. The van der Waals surface area contributed by atoms with Crippen LogP contribution < -0.4 is 11.1 Å². The number of nitrogen functional groups attached to an aromatic ring is 1. The van der Waals surface area contributed by atoms with Crippen molar-refractivity contribution in [2.24, 2.45) is 0 Å². The normalized spacial score (nSPS) is 10.2. The highest BCUT2D eigenvalue weighted by Gasteiger charge is 2.09. The number of rotatable bonds is 2. The molecule has 0 unspecified atom stereocenters. The van der Waals surface area contributed by atoms with Crippen molar-refractivity contribution in [2.75, 3.05) is 11.1 Å². The molecule has 0 saturated carbocycles.